The Bertz CT molecular complexity index is 994. The van der Waals surface area contributed by atoms with Gasteiger partial charge in [0.1, 0.15) is 6.29 Å². The standard InChI is InChI=1S/C23H26N2O6/c1-30-19(28)16-13-21-8-7-18(27)24(21)12-11-22(14-26)15-5-3-4-6-17(15)25(20(29)31-2)23(16,22)10-9-21/h3-6,14,16H,7-13H2,1-2H3/t16-,21+,22-,23+/m1/s1. The van der Waals surface area contributed by atoms with E-state index in [1.807, 2.05) is 23.1 Å². The van der Waals surface area contributed by atoms with Gasteiger partial charge in [-0.15, -0.1) is 0 Å². The van der Waals surface area contributed by atoms with Gasteiger partial charge in [-0.3, -0.25) is 14.5 Å². The molecule has 2 bridgehead atoms. The van der Waals surface area contributed by atoms with E-state index in [0.717, 1.165) is 6.29 Å². The van der Waals surface area contributed by atoms with Gasteiger partial charge in [0.25, 0.3) is 0 Å². The average Bonchev–Trinajstić information content (AvgIpc) is 3.20. The number of rotatable bonds is 2. The van der Waals surface area contributed by atoms with Gasteiger partial charge in [0.15, 0.2) is 0 Å². The first-order valence-electron chi connectivity index (χ1n) is 10.7. The van der Waals surface area contributed by atoms with Crippen LogP contribution in [0.25, 0.3) is 0 Å². The van der Waals surface area contributed by atoms with Gasteiger partial charge in [0.05, 0.1) is 36.8 Å². The lowest BCUT2D eigenvalue weighted by Crippen LogP contribution is -2.73. The summed E-state index contributed by atoms with van der Waals surface area (Å²) in [6, 6.07) is 7.28. The number of amides is 2. The van der Waals surface area contributed by atoms with Gasteiger partial charge in [-0.2, -0.15) is 0 Å². The zero-order valence-corrected chi connectivity index (χ0v) is 17.8. The maximum absolute atomic E-state index is 13.3. The van der Waals surface area contributed by atoms with Crippen molar-refractivity contribution < 1.29 is 28.7 Å². The maximum Gasteiger partial charge on any atom is 0.414 e. The summed E-state index contributed by atoms with van der Waals surface area (Å²) in [4.78, 5) is 55.7. The van der Waals surface area contributed by atoms with E-state index >= 15 is 0 Å². The number of hydrogen-bond donors (Lipinski definition) is 0. The fourth-order valence-corrected chi connectivity index (χ4v) is 7.09. The molecule has 3 saturated heterocycles. The number of esters is 1. The van der Waals surface area contributed by atoms with Gasteiger partial charge in [-0.25, -0.2) is 4.79 Å². The van der Waals surface area contributed by atoms with Gasteiger partial charge in [-0.1, -0.05) is 18.2 Å². The molecule has 4 aliphatic heterocycles. The fourth-order valence-electron chi connectivity index (χ4n) is 7.09. The summed E-state index contributed by atoms with van der Waals surface area (Å²) in [5.74, 6) is -1.17. The van der Waals surface area contributed by atoms with E-state index in [-0.39, 0.29) is 5.91 Å². The first-order chi connectivity index (χ1) is 14.9. The first kappa shape index (κ1) is 20.0. The summed E-state index contributed by atoms with van der Waals surface area (Å²) in [6.45, 7) is 0.413. The number of fused-ring (bicyclic) bond motifs is 4. The summed E-state index contributed by atoms with van der Waals surface area (Å²) in [6.07, 6.45) is 3.12. The first-order valence-corrected chi connectivity index (χ1v) is 10.7. The highest BCUT2D eigenvalue weighted by Gasteiger charge is 2.73. The SMILES string of the molecule is COC(=O)[C@H]1C[C@@]23CCC(=O)N2CC[C@@]2(C=O)c4ccccc4N(C(=O)OC)[C@@]12CC3. The molecule has 0 unspecified atom stereocenters. The normalized spacial score (nSPS) is 35.5. The Morgan fingerprint density at radius 3 is 2.58 bits per heavy atom. The van der Waals surface area contributed by atoms with Crippen molar-refractivity contribution in [3.05, 3.63) is 29.8 Å². The summed E-state index contributed by atoms with van der Waals surface area (Å²) < 4.78 is 10.4. The number of carbonyl (C=O) groups excluding carboxylic acids is 4. The third-order valence-corrected chi connectivity index (χ3v) is 8.38. The molecule has 31 heavy (non-hydrogen) atoms. The number of hydrogen-bond acceptors (Lipinski definition) is 6. The minimum Gasteiger partial charge on any atom is -0.469 e. The molecule has 1 saturated carbocycles. The molecule has 5 aliphatic rings. The van der Waals surface area contributed by atoms with Crippen molar-refractivity contribution in [1.82, 2.24) is 4.90 Å². The number of aldehydes is 1. The second-order valence-corrected chi connectivity index (χ2v) is 9.14. The molecule has 0 N–H and O–H groups in total. The van der Waals surface area contributed by atoms with Crippen LogP contribution in [-0.4, -0.2) is 61.0 Å². The fraction of sp³-hybridized carbons (Fsp3) is 0.565. The monoisotopic (exact) mass is 426 g/mol. The number of methoxy groups -OCH3 is 2. The number of ether oxygens (including phenoxy) is 2. The summed E-state index contributed by atoms with van der Waals surface area (Å²) in [5, 5.41) is 0. The summed E-state index contributed by atoms with van der Waals surface area (Å²) >= 11 is 0. The molecule has 6 rings (SSSR count). The predicted molar refractivity (Wildman–Crippen MR) is 109 cm³/mol. The van der Waals surface area contributed by atoms with Crippen molar-refractivity contribution in [2.24, 2.45) is 5.92 Å². The molecule has 2 spiro atoms. The van der Waals surface area contributed by atoms with E-state index in [0.29, 0.717) is 56.3 Å². The van der Waals surface area contributed by atoms with Crippen LogP contribution < -0.4 is 4.90 Å². The number of para-hydroxylation sites is 1. The lowest BCUT2D eigenvalue weighted by atomic mass is 9.52. The predicted octanol–water partition coefficient (Wildman–Crippen LogP) is 2.19. The maximum atomic E-state index is 13.3. The van der Waals surface area contributed by atoms with Gasteiger partial charge in [0, 0.05) is 18.5 Å². The smallest absolute Gasteiger partial charge is 0.414 e. The Balaban J connectivity index is 1.82. The molecule has 8 nitrogen and oxygen atoms in total. The zero-order chi connectivity index (χ0) is 22.0. The van der Waals surface area contributed by atoms with Crippen molar-refractivity contribution >= 4 is 29.9 Å². The van der Waals surface area contributed by atoms with E-state index < -0.39 is 34.5 Å². The average molecular weight is 426 g/mol. The summed E-state index contributed by atoms with van der Waals surface area (Å²) in [7, 11) is 2.63. The van der Waals surface area contributed by atoms with Gasteiger partial charge in [-0.05, 0) is 43.7 Å². The largest absolute Gasteiger partial charge is 0.469 e. The highest BCUT2D eigenvalue weighted by atomic mass is 16.5. The molecule has 0 radical (unpaired) electrons. The third kappa shape index (κ3) is 2.20. The molecule has 4 heterocycles. The van der Waals surface area contributed by atoms with Crippen LogP contribution in [0.4, 0.5) is 10.5 Å². The Hall–Kier alpha value is -2.90. The molecule has 8 heteroatoms. The highest BCUT2D eigenvalue weighted by Crippen LogP contribution is 2.64. The second-order valence-electron chi connectivity index (χ2n) is 9.14. The number of nitrogens with zero attached hydrogens (tertiary/aromatic N) is 2. The molecule has 2 amide bonds. The second kappa shape index (κ2) is 6.55. The van der Waals surface area contributed by atoms with E-state index in [1.165, 1.54) is 19.1 Å². The van der Waals surface area contributed by atoms with Crippen LogP contribution in [-0.2, 0) is 29.3 Å². The lowest BCUT2D eigenvalue weighted by Gasteiger charge is -2.60. The minimum atomic E-state index is -1.15. The molecule has 4 fully saturated rings. The molecule has 1 aromatic rings. The van der Waals surface area contributed by atoms with Crippen LogP contribution in [0.5, 0.6) is 0 Å². The van der Waals surface area contributed by atoms with Crippen molar-refractivity contribution in [2.75, 3.05) is 25.7 Å². The van der Waals surface area contributed by atoms with Gasteiger partial charge < -0.3 is 19.2 Å². The molecule has 164 valence electrons. The third-order valence-electron chi connectivity index (χ3n) is 8.38. The Morgan fingerprint density at radius 2 is 1.87 bits per heavy atom. The topological polar surface area (TPSA) is 93.2 Å². The van der Waals surface area contributed by atoms with E-state index in [4.69, 9.17) is 9.47 Å². The Labute approximate surface area is 180 Å². The lowest BCUT2D eigenvalue weighted by molar-refractivity contribution is -0.159. The molecule has 4 atom stereocenters. The molecule has 0 aromatic heterocycles. The minimum absolute atomic E-state index is 0.0650. The van der Waals surface area contributed by atoms with Crippen molar-refractivity contribution in [3.8, 4) is 0 Å². The molecular weight excluding hydrogens is 400 g/mol. The Kier molecular flexibility index (Phi) is 4.23. The van der Waals surface area contributed by atoms with Gasteiger partial charge in [0.2, 0.25) is 5.91 Å². The van der Waals surface area contributed by atoms with Crippen LogP contribution in [0.2, 0.25) is 0 Å². The van der Waals surface area contributed by atoms with Crippen LogP contribution in [0.3, 0.4) is 0 Å². The van der Waals surface area contributed by atoms with E-state index in [9.17, 15) is 19.2 Å². The molecular formula is C23H26N2O6. The van der Waals surface area contributed by atoms with Crippen LogP contribution in [0, 0.1) is 5.92 Å². The number of anilines is 1. The van der Waals surface area contributed by atoms with Crippen LogP contribution in [0.15, 0.2) is 24.3 Å². The number of benzene rings is 1. The molecule has 1 aliphatic carbocycles. The van der Waals surface area contributed by atoms with Gasteiger partial charge >= 0.3 is 12.1 Å². The van der Waals surface area contributed by atoms with E-state index in [1.54, 1.807) is 6.07 Å². The Morgan fingerprint density at radius 1 is 1.10 bits per heavy atom. The van der Waals surface area contributed by atoms with Crippen molar-refractivity contribution in [1.29, 1.82) is 0 Å². The van der Waals surface area contributed by atoms with E-state index in [2.05, 4.69) is 0 Å². The van der Waals surface area contributed by atoms with Crippen LogP contribution >= 0.6 is 0 Å². The van der Waals surface area contributed by atoms with Crippen molar-refractivity contribution in [3.63, 3.8) is 0 Å². The number of carbonyl (C=O) groups is 4. The zero-order valence-electron chi connectivity index (χ0n) is 17.8. The van der Waals surface area contributed by atoms with Crippen LogP contribution in [0.1, 0.15) is 44.1 Å². The molecule has 1 aromatic carbocycles. The highest BCUT2D eigenvalue weighted by molar-refractivity contribution is 6.00. The quantitative estimate of drug-likeness (QED) is 0.532. The van der Waals surface area contributed by atoms with Crippen molar-refractivity contribution in [2.45, 2.75) is 55.0 Å². The summed E-state index contributed by atoms with van der Waals surface area (Å²) in [5.41, 5.74) is -1.44.